The van der Waals surface area contributed by atoms with Gasteiger partial charge in [0.15, 0.2) is 0 Å². The monoisotopic (exact) mass is 410 g/mol. The summed E-state index contributed by atoms with van der Waals surface area (Å²) in [5, 5.41) is 5.04. The summed E-state index contributed by atoms with van der Waals surface area (Å²) in [7, 11) is 0. The van der Waals surface area contributed by atoms with Gasteiger partial charge in [-0.25, -0.2) is 9.37 Å². The molecular weight excluding hydrogens is 383 g/mol. The van der Waals surface area contributed by atoms with Gasteiger partial charge in [-0.2, -0.15) is 0 Å². The number of rotatable bonds is 2. The molecule has 0 amide bonds. The Morgan fingerprint density at radius 2 is 1.59 bits per heavy atom. The van der Waals surface area contributed by atoms with Crippen LogP contribution in [0.5, 0.6) is 0 Å². The third-order valence-corrected chi connectivity index (χ3v) is 5.16. The summed E-state index contributed by atoms with van der Waals surface area (Å²) in [4.78, 5) is 5.49. The lowest BCUT2D eigenvalue weighted by molar-refractivity contribution is 0.398. The van der Waals surface area contributed by atoms with Gasteiger partial charge in [0.05, 0.1) is 9.88 Å². The molecule has 3 nitrogen and oxygen atoms in total. The largest absolute Gasteiger partial charge is 0.361 e. The van der Waals surface area contributed by atoms with E-state index in [1.165, 1.54) is 28.1 Å². The molecule has 2 aromatic heterocycles. The molecule has 0 unspecified atom stereocenters. The highest BCUT2D eigenvalue weighted by Crippen LogP contribution is 2.26. The molecule has 152 valence electrons. The van der Waals surface area contributed by atoms with Crippen LogP contribution in [0, 0.1) is 33.5 Å². The van der Waals surface area contributed by atoms with Gasteiger partial charge >= 0.3 is 0 Å². The van der Waals surface area contributed by atoms with Gasteiger partial charge in [-0.1, -0.05) is 48.8 Å². The van der Waals surface area contributed by atoms with E-state index in [2.05, 4.69) is 41.3 Å². The SMILES string of the molecule is CC.Cc1cccc(-c2cnc(C)s2)c1.Cc1onc(-c2ccc(F)cc2)c1C. The van der Waals surface area contributed by atoms with Crippen LogP contribution in [0.2, 0.25) is 0 Å². The molecule has 4 rings (SSSR count). The molecule has 0 radical (unpaired) electrons. The number of benzene rings is 2. The lowest BCUT2D eigenvalue weighted by atomic mass is 10.1. The molecule has 0 saturated heterocycles. The Bertz CT molecular complexity index is 1040. The highest BCUT2D eigenvalue weighted by Gasteiger charge is 2.09. The minimum Gasteiger partial charge on any atom is -0.361 e. The van der Waals surface area contributed by atoms with Gasteiger partial charge in [0, 0.05) is 17.3 Å². The maximum atomic E-state index is 12.7. The van der Waals surface area contributed by atoms with Crippen molar-refractivity contribution >= 4 is 11.3 Å². The Kier molecular flexibility index (Phi) is 8.28. The molecule has 0 N–H and O–H groups in total. The van der Waals surface area contributed by atoms with Gasteiger partial charge in [0.2, 0.25) is 0 Å². The van der Waals surface area contributed by atoms with E-state index < -0.39 is 0 Å². The fourth-order valence-corrected chi connectivity index (χ4v) is 3.36. The Morgan fingerprint density at radius 1 is 0.897 bits per heavy atom. The molecule has 0 bridgehead atoms. The van der Waals surface area contributed by atoms with E-state index in [9.17, 15) is 4.39 Å². The van der Waals surface area contributed by atoms with Crippen molar-refractivity contribution in [1.29, 1.82) is 0 Å². The van der Waals surface area contributed by atoms with E-state index in [0.717, 1.165) is 27.6 Å². The van der Waals surface area contributed by atoms with E-state index in [1.54, 1.807) is 23.5 Å². The molecule has 5 heteroatoms. The first-order valence-electron chi connectivity index (χ1n) is 9.62. The van der Waals surface area contributed by atoms with Gasteiger partial charge in [-0.15, -0.1) is 11.3 Å². The van der Waals surface area contributed by atoms with Crippen molar-refractivity contribution in [3.05, 3.63) is 82.4 Å². The predicted molar refractivity (Wildman–Crippen MR) is 120 cm³/mol. The standard InChI is InChI=1S/C11H10FNO.C11H11NS.C2H6/c1-7-8(2)14-13-11(7)9-3-5-10(12)6-4-9;1-8-4-3-5-10(6-8)11-7-12-9(2)13-11;1-2/h3-6H,1-2H3;3-7H,1-2H3;1-2H3. The fourth-order valence-electron chi connectivity index (χ4n) is 2.59. The Morgan fingerprint density at radius 3 is 2.10 bits per heavy atom. The number of thiazole rings is 1. The first-order valence-corrected chi connectivity index (χ1v) is 10.4. The minimum atomic E-state index is -0.244. The molecular formula is C24H27FN2OS. The molecule has 0 saturated carbocycles. The first kappa shape index (κ1) is 22.5. The summed E-state index contributed by atoms with van der Waals surface area (Å²) in [5.74, 6) is 0.552. The van der Waals surface area contributed by atoms with Crippen LogP contribution in [0.15, 0.2) is 59.3 Å². The van der Waals surface area contributed by atoms with Crippen LogP contribution in [0.3, 0.4) is 0 Å². The molecule has 0 spiro atoms. The van der Waals surface area contributed by atoms with Crippen molar-refractivity contribution in [3.8, 4) is 21.7 Å². The zero-order valence-corrected chi connectivity index (χ0v) is 18.6. The zero-order chi connectivity index (χ0) is 21.4. The van der Waals surface area contributed by atoms with Gasteiger partial charge in [0.25, 0.3) is 0 Å². The van der Waals surface area contributed by atoms with Crippen molar-refractivity contribution in [2.75, 3.05) is 0 Å². The van der Waals surface area contributed by atoms with E-state index >= 15 is 0 Å². The second-order valence-corrected chi connectivity index (χ2v) is 7.57. The zero-order valence-electron chi connectivity index (χ0n) is 17.8. The highest BCUT2D eigenvalue weighted by atomic mass is 32.1. The summed E-state index contributed by atoms with van der Waals surface area (Å²) >= 11 is 1.74. The number of aromatic nitrogens is 2. The molecule has 29 heavy (non-hydrogen) atoms. The Labute approximate surface area is 176 Å². The fraction of sp³-hybridized carbons (Fsp3) is 0.250. The average Bonchev–Trinajstić information content (AvgIpc) is 3.31. The number of aryl methyl sites for hydroxylation is 3. The minimum absolute atomic E-state index is 0.244. The topological polar surface area (TPSA) is 38.9 Å². The maximum Gasteiger partial charge on any atom is 0.137 e. The van der Waals surface area contributed by atoms with Gasteiger partial charge in [-0.05, 0) is 57.5 Å². The number of nitrogens with zero attached hydrogens (tertiary/aromatic N) is 2. The van der Waals surface area contributed by atoms with Crippen molar-refractivity contribution in [1.82, 2.24) is 10.1 Å². The van der Waals surface area contributed by atoms with Crippen LogP contribution in [0.4, 0.5) is 4.39 Å². The molecule has 0 atom stereocenters. The quantitative estimate of drug-likeness (QED) is 0.342. The normalized spacial score (nSPS) is 9.90. The van der Waals surface area contributed by atoms with E-state index in [1.807, 2.05) is 40.8 Å². The summed E-state index contributed by atoms with van der Waals surface area (Å²) in [6.45, 7) is 11.9. The smallest absolute Gasteiger partial charge is 0.137 e. The van der Waals surface area contributed by atoms with Crippen LogP contribution in [-0.2, 0) is 0 Å². The molecule has 2 aromatic carbocycles. The molecule has 0 fully saturated rings. The van der Waals surface area contributed by atoms with E-state index in [0.29, 0.717) is 0 Å². The second-order valence-electron chi connectivity index (χ2n) is 6.33. The van der Waals surface area contributed by atoms with Crippen molar-refractivity contribution < 1.29 is 8.91 Å². The summed E-state index contributed by atoms with van der Waals surface area (Å²) in [6, 6.07) is 14.7. The van der Waals surface area contributed by atoms with Crippen molar-refractivity contribution in [3.63, 3.8) is 0 Å². The van der Waals surface area contributed by atoms with Crippen molar-refractivity contribution in [2.24, 2.45) is 0 Å². The summed E-state index contributed by atoms with van der Waals surface area (Å²) in [5.41, 5.74) is 5.22. The first-order chi connectivity index (χ1) is 13.9. The van der Waals surface area contributed by atoms with Gasteiger partial charge in [0.1, 0.15) is 17.3 Å². The molecule has 0 aliphatic carbocycles. The third kappa shape index (κ3) is 6.09. The molecule has 0 aliphatic heterocycles. The van der Waals surface area contributed by atoms with Crippen LogP contribution in [-0.4, -0.2) is 10.1 Å². The van der Waals surface area contributed by atoms with Crippen molar-refractivity contribution in [2.45, 2.75) is 41.5 Å². The second kappa shape index (κ2) is 10.7. The van der Waals surface area contributed by atoms with E-state index in [-0.39, 0.29) is 5.82 Å². The molecule has 2 heterocycles. The Hall–Kier alpha value is -2.79. The average molecular weight is 411 g/mol. The van der Waals surface area contributed by atoms with Gasteiger partial charge in [-0.3, -0.25) is 0 Å². The van der Waals surface area contributed by atoms with Crippen LogP contribution in [0.25, 0.3) is 21.7 Å². The number of halogens is 1. The summed E-state index contributed by atoms with van der Waals surface area (Å²) < 4.78 is 17.7. The summed E-state index contributed by atoms with van der Waals surface area (Å²) in [6.07, 6.45) is 1.94. The van der Waals surface area contributed by atoms with Gasteiger partial charge < -0.3 is 4.52 Å². The number of hydrogen-bond donors (Lipinski definition) is 0. The van der Waals surface area contributed by atoms with Crippen LogP contribution >= 0.6 is 11.3 Å². The lowest BCUT2D eigenvalue weighted by Gasteiger charge is -1.97. The predicted octanol–water partition coefficient (Wildman–Crippen LogP) is 7.55. The Balaban J connectivity index is 0.000000191. The lowest BCUT2D eigenvalue weighted by Crippen LogP contribution is -1.81. The van der Waals surface area contributed by atoms with Crippen LogP contribution < -0.4 is 0 Å². The number of hydrogen-bond acceptors (Lipinski definition) is 4. The highest BCUT2D eigenvalue weighted by molar-refractivity contribution is 7.15. The molecule has 0 aliphatic rings. The maximum absolute atomic E-state index is 12.7. The molecule has 4 aromatic rings. The van der Waals surface area contributed by atoms with E-state index in [4.69, 9.17) is 4.52 Å². The third-order valence-electron chi connectivity index (χ3n) is 4.20. The van der Waals surface area contributed by atoms with Crippen LogP contribution in [0.1, 0.15) is 35.7 Å².